The van der Waals surface area contributed by atoms with Gasteiger partial charge in [-0.05, 0) is 36.8 Å². The fourth-order valence-electron chi connectivity index (χ4n) is 2.54. The summed E-state index contributed by atoms with van der Waals surface area (Å²) in [6.45, 7) is 4.63. The molecule has 2 N–H and O–H groups in total. The molecular formula is C14H21NO. The summed E-state index contributed by atoms with van der Waals surface area (Å²) in [5.74, 6) is 1.87. The van der Waals surface area contributed by atoms with E-state index in [0.29, 0.717) is 11.8 Å². The lowest BCUT2D eigenvalue weighted by Crippen LogP contribution is -2.33. The van der Waals surface area contributed by atoms with Crippen LogP contribution in [0.15, 0.2) is 24.3 Å². The molecule has 0 amide bonds. The van der Waals surface area contributed by atoms with Crippen molar-refractivity contribution >= 4 is 5.69 Å². The second-order valence-corrected chi connectivity index (χ2v) is 5.20. The van der Waals surface area contributed by atoms with Crippen molar-refractivity contribution in [1.29, 1.82) is 0 Å². The molecule has 2 nitrogen and oxygen atoms in total. The van der Waals surface area contributed by atoms with Gasteiger partial charge in [-0.15, -0.1) is 0 Å². The van der Waals surface area contributed by atoms with Crippen molar-refractivity contribution in [3.63, 3.8) is 0 Å². The van der Waals surface area contributed by atoms with Crippen molar-refractivity contribution in [2.75, 3.05) is 5.32 Å². The van der Waals surface area contributed by atoms with E-state index in [2.05, 4.69) is 19.2 Å². The van der Waals surface area contributed by atoms with Crippen LogP contribution in [0.5, 0.6) is 5.75 Å². The molecule has 1 saturated carbocycles. The minimum absolute atomic E-state index is 0.335. The number of anilines is 1. The Labute approximate surface area is 97.7 Å². The molecule has 0 saturated heterocycles. The fourth-order valence-corrected chi connectivity index (χ4v) is 2.54. The summed E-state index contributed by atoms with van der Waals surface area (Å²) >= 11 is 0. The Kier molecular flexibility index (Phi) is 3.37. The van der Waals surface area contributed by atoms with Gasteiger partial charge in [-0.1, -0.05) is 26.3 Å². The molecule has 2 rings (SSSR count). The molecule has 1 aliphatic rings. The minimum Gasteiger partial charge on any atom is -0.508 e. The highest BCUT2D eigenvalue weighted by Crippen LogP contribution is 2.31. The van der Waals surface area contributed by atoms with E-state index in [9.17, 15) is 5.11 Å². The van der Waals surface area contributed by atoms with Crippen molar-refractivity contribution in [1.82, 2.24) is 0 Å². The number of phenols is 1. The molecule has 0 heterocycles. The summed E-state index contributed by atoms with van der Waals surface area (Å²) in [5, 5.41) is 13.0. The van der Waals surface area contributed by atoms with E-state index in [-0.39, 0.29) is 0 Å². The molecule has 0 spiro atoms. The summed E-state index contributed by atoms with van der Waals surface area (Å²) in [4.78, 5) is 0. The Morgan fingerprint density at radius 2 is 2.06 bits per heavy atom. The highest BCUT2D eigenvalue weighted by molar-refractivity contribution is 5.48. The van der Waals surface area contributed by atoms with Gasteiger partial charge in [0.1, 0.15) is 5.75 Å². The number of benzene rings is 1. The normalized spacial score (nSPS) is 30.0. The van der Waals surface area contributed by atoms with Crippen molar-refractivity contribution in [2.24, 2.45) is 11.8 Å². The third kappa shape index (κ3) is 2.69. The van der Waals surface area contributed by atoms with Gasteiger partial charge in [-0.25, -0.2) is 0 Å². The van der Waals surface area contributed by atoms with Gasteiger partial charge in [0, 0.05) is 17.8 Å². The summed E-state index contributed by atoms with van der Waals surface area (Å²) < 4.78 is 0. The molecule has 3 atom stereocenters. The predicted molar refractivity (Wildman–Crippen MR) is 67.7 cm³/mol. The van der Waals surface area contributed by atoms with E-state index < -0.39 is 0 Å². The first-order valence-electron chi connectivity index (χ1n) is 6.20. The number of aromatic hydroxyl groups is 1. The highest BCUT2D eigenvalue weighted by Gasteiger charge is 2.25. The van der Waals surface area contributed by atoms with Crippen molar-refractivity contribution in [3.05, 3.63) is 24.3 Å². The van der Waals surface area contributed by atoms with Crippen LogP contribution >= 0.6 is 0 Å². The molecular weight excluding hydrogens is 198 g/mol. The zero-order valence-corrected chi connectivity index (χ0v) is 10.1. The number of rotatable bonds is 2. The average molecular weight is 219 g/mol. The van der Waals surface area contributed by atoms with Gasteiger partial charge in [0.05, 0.1) is 0 Å². The first kappa shape index (κ1) is 11.3. The van der Waals surface area contributed by atoms with E-state index in [0.717, 1.165) is 17.5 Å². The van der Waals surface area contributed by atoms with Crippen LogP contribution in [0.4, 0.5) is 5.69 Å². The Balaban J connectivity index is 2.02. The van der Waals surface area contributed by atoms with Gasteiger partial charge in [0.25, 0.3) is 0 Å². The van der Waals surface area contributed by atoms with Crippen LogP contribution in [-0.4, -0.2) is 11.1 Å². The molecule has 1 aromatic rings. The van der Waals surface area contributed by atoms with Crippen LogP contribution in [0.1, 0.15) is 33.1 Å². The average Bonchev–Trinajstić information content (AvgIpc) is 2.24. The Hall–Kier alpha value is -1.18. The molecule has 1 fully saturated rings. The third-order valence-corrected chi connectivity index (χ3v) is 3.66. The van der Waals surface area contributed by atoms with Gasteiger partial charge >= 0.3 is 0 Å². The van der Waals surface area contributed by atoms with Crippen molar-refractivity contribution in [2.45, 2.75) is 39.2 Å². The lowest BCUT2D eigenvalue weighted by atomic mass is 9.80. The van der Waals surface area contributed by atoms with E-state index >= 15 is 0 Å². The molecule has 3 unspecified atom stereocenters. The number of phenolic OH excluding ortho intramolecular Hbond substituents is 1. The molecule has 1 aromatic carbocycles. The van der Waals surface area contributed by atoms with Crippen LogP contribution in [-0.2, 0) is 0 Å². The second kappa shape index (κ2) is 4.77. The zero-order chi connectivity index (χ0) is 11.5. The highest BCUT2D eigenvalue weighted by atomic mass is 16.3. The molecule has 88 valence electrons. The zero-order valence-electron chi connectivity index (χ0n) is 10.1. The van der Waals surface area contributed by atoms with Crippen LogP contribution in [0.25, 0.3) is 0 Å². The number of nitrogens with one attached hydrogen (secondary N) is 1. The molecule has 0 aromatic heterocycles. The maximum atomic E-state index is 9.42. The van der Waals surface area contributed by atoms with E-state index in [1.54, 1.807) is 12.1 Å². The lowest BCUT2D eigenvalue weighted by molar-refractivity contribution is 0.280. The quantitative estimate of drug-likeness (QED) is 0.796. The van der Waals surface area contributed by atoms with Gasteiger partial charge in [0.15, 0.2) is 0 Å². The first-order valence-corrected chi connectivity index (χ1v) is 6.20. The van der Waals surface area contributed by atoms with Crippen molar-refractivity contribution in [3.8, 4) is 5.75 Å². The Morgan fingerprint density at radius 1 is 1.25 bits per heavy atom. The topological polar surface area (TPSA) is 32.3 Å². The summed E-state index contributed by atoms with van der Waals surface area (Å²) in [7, 11) is 0. The van der Waals surface area contributed by atoms with Crippen LogP contribution in [0.3, 0.4) is 0 Å². The van der Waals surface area contributed by atoms with Crippen LogP contribution in [0.2, 0.25) is 0 Å². The monoisotopic (exact) mass is 219 g/mol. The largest absolute Gasteiger partial charge is 0.508 e. The maximum Gasteiger partial charge on any atom is 0.117 e. The van der Waals surface area contributed by atoms with E-state index in [4.69, 9.17) is 0 Å². The minimum atomic E-state index is 0.335. The third-order valence-electron chi connectivity index (χ3n) is 3.66. The van der Waals surface area contributed by atoms with E-state index in [1.165, 1.54) is 19.3 Å². The standard InChI is InChI=1S/C14H21NO/c1-10-6-7-11(2)14(8-10)15-12-4-3-5-13(16)9-12/h3-5,9-11,14-16H,6-8H2,1-2H3. The molecule has 0 radical (unpaired) electrons. The first-order chi connectivity index (χ1) is 7.65. The molecule has 16 heavy (non-hydrogen) atoms. The number of hydrogen-bond acceptors (Lipinski definition) is 2. The molecule has 0 aliphatic heterocycles. The lowest BCUT2D eigenvalue weighted by Gasteiger charge is -2.34. The molecule has 1 aliphatic carbocycles. The SMILES string of the molecule is CC1CCC(C)C(Nc2cccc(O)c2)C1. The van der Waals surface area contributed by atoms with Crippen LogP contribution < -0.4 is 5.32 Å². The fraction of sp³-hybridized carbons (Fsp3) is 0.571. The van der Waals surface area contributed by atoms with Crippen LogP contribution in [0, 0.1) is 11.8 Å². The summed E-state index contributed by atoms with van der Waals surface area (Å²) in [6.07, 6.45) is 3.88. The molecule has 0 bridgehead atoms. The summed E-state index contributed by atoms with van der Waals surface area (Å²) in [6, 6.07) is 7.95. The Morgan fingerprint density at radius 3 is 2.81 bits per heavy atom. The Bertz CT molecular complexity index is 350. The van der Waals surface area contributed by atoms with Gasteiger partial charge in [0.2, 0.25) is 0 Å². The van der Waals surface area contributed by atoms with Gasteiger partial charge in [-0.2, -0.15) is 0 Å². The second-order valence-electron chi connectivity index (χ2n) is 5.20. The van der Waals surface area contributed by atoms with Gasteiger partial charge in [-0.3, -0.25) is 0 Å². The van der Waals surface area contributed by atoms with Crippen molar-refractivity contribution < 1.29 is 5.11 Å². The molecule has 2 heteroatoms. The number of hydrogen-bond donors (Lipinski definition) is 2. The van der Waals surface area contributed by atoms with E-state index in [1.807, 2.05) is 12.1 Å². The predicted octanol–water partition coefficient (Wildman–Crippen LogP) is 3.63. The smallest absolute Gasteiger partial charge is 0.117 e. The van der Waals surface area contributed by atoms with Gasteiger partial charge < -0.3 is 10.4 Å². The maximum absolute atomic E-state index is 9.42. The summed E-state index contributed by atoms with van der Waals surface area (Å²) in [5.41, 5.74) is 1.03.